The van der Waals surface area contributed by atoms with Crippen LogP contribution in [0.3, 0.4) is 0 Å². The molecule has 0 aromatic rings. The minimum absolute atomic E-state index is 0.292. The highest BCUT2D eigenvalue weighted by molar-refractivity contribution is 7.99. The average Bonchev–Trinajstić information content (AvgIpc) is 2.90. The van der Waals surface area contributed by atoms with Crippen LogP contribution < -0.4 is 0 Å². The van der Waals surface area contributed by atoms with Gasteiger partial charge in [-0.2, -0.15) is 11.8 Å². The first-order chi connectivity index (χ1) is 18.9. The summed E-state index contributed by atoms with van der Waals surface area (Å²) < 4.78 is 25.9. The molecule has 232 valence electrons. The maximum atomic E-state index is 12.3. The van der Waals surface area contributed by atoms with Gasteiger partial charge >= 0.3 is 13.8 Å². The highest BCUT2D eigenvalue weighted by Crippen LogP contribution is 2.36. The van der Waals surface area contributed by atoms with E-state index in [2.05, 4.69) is 16.2 Å². The Kier molecular flexibility index (Phi) is 28.5. The van der Waals surface area contributed by atoms with Crippen molar-refractivity contribution in [2.75, 3.05) is 24.7 Å². The molecule has 0 heterocycles. The maximum Gasteiger partial charge on any atom is 0.469 e. The molecule has 8 nitrogen and oxygen atoms in total. The summed E-state index contributed by atoms with van der Waals surface area (Å²) in [6.07, 6.45) is 23.3. The third-order valence-electron chi connectivity index (χ3n) is 6.63. The Morgan fingerprint density at radius 2 is 1.26 bits per heavy atom. The van der Waals surface area contributed by atoms with Crippen LogP contribution >= 0.6 is 19.6 Å². The normalized spacial score (nSPS) is 12.4. The molecule has 2 N–H and O–H groups in total. The van der Waals surface area contributed by atoms with E-state index in [1.54, 1.807) is 11.8 Å². The Balaban J connectivity index is 3.86. The molecule has 0 amide bonds. The van der Waals surface area contributed by atoms with Crippen LogP contribution in [-0.4, -0.2) is 53.1 Å². The summed E-state index contributed by atoms with van der Waals surface area (Å²) in [5.41, 5.74) is 0. The van der Waals surface area contributed by atoms with Gasteiger partial charge in [-0.15, -0.1) is 0 Å². The van der Waals surface area contributed by atoms with Gasteiger partial charge in [0, 0.05) is 12.2 Å². The summed E-state index contributed by atoms with van der Waals surface area (Å²) in [7, 11) is -4.61. The summed E-state index contributed by atoms with van der Waals surface area (Å²) in [5, 5.41) is 0. The molecule has 0 unspecified atom stereocenters. The predicted octanol–water partition coefficient (Wildman–Crippen LogP) is 8.13. The lowest BCUT2D eigenvalue weighted by Crippen LogP contribution is -2.25. The number of phosphoric acid groups is 1. The molecule has 0 radical (unpaired) electrons. The third-order valence-corrected chi connectivity index (χ3v) is 8.30. The van der Waals surface area contributed by atoms with Crippen molar-refractivity contribution in [1.82, 2.24) is 0 Å². The largest absolute Gasteiger partial charge is 0.469 e. The molecule has 1 atom stereocenters. The van der Waals surface area contributed by atoms with Gasteiger partial charge in [0.15, 0.2) is 0 Å². The van der Waals surface area contributed by atoms with Crippen molar-refractivity contribution in [2.24, 2.45) is 0 Å². The third kappa shape index (κ3) is 31.8. The van der Waals surface area contributed by atoms with Crippen LogP contribution in [0, 0.1) is 0 Å². The number of carbonyl (C=O) groups is 2. The van der Waals surface area contributed by atoms with Crippen LogP contribution in [0.4, 0.5) is 0 Å². The van der Waals surface area contributed by atoms with Crippen LogP contribution in [0.2, 0.25) is 0 Å². The number of hydrogen-bond donors (Lipinski definition) is 2. The number of ether oxygens (including phenoxy) is 2. The monoisotopic (exact) mass is 596 g/mol. The first-order valence-electron chi connectivity index (χ1n) is 15.4. The average molecular weight is 597 g/mol. The van der Waals surface area contributed by atoms with E-state index in [0.717, 1.165) is 57.1 Å². The molecular weight excluding hydrogens is 539 g/mol. The van der Waals surface area contributed by atoms with Crippen molar-refractivity contribution in [2.45, 2.75) is 148 Å². The molecule has 0 saturated heterocycles. The van der Waals surface area contributed by atoms with E-state index >= 15 is 0 Å². The lowest BCUT2D eigenvalue weighted by atomic mass is 10.0. The van der Waals surface area contributed by atoms with Crippen molar-refractivity contribution in [3.8, 4) is 0 Å². The second-order valence-corrected chi connectivity index (χ2v) is 12.8. The van der Waals surface area contributed by atoms with Gasteiger partial charge in [0.2, 0.25) is 0 Å². The van der Waals surface area contributed by atoms with Gasteiger partial charge in [0.25, 0.3) is 6.47 Å². The number of thioether (sulfide) groups is 1. The summed E-state index contributed by atoms with van der Waals surface area (Å²) in [5.74, 6) is 1.05. The highest BCUT2D eigenvalue weighted by atomic mass is 32.2. The SMILES string of the molecule is CCCCCCCCCCCCCCC(=O)O[C@H](COP(=O)(O)O)CSCCCCCCCCCCOC=O. The Labute approximate surface area is 242 Å². The molecule has 0 aliphatic carbocycles. The number of phosphoric ester groups is 1. The number of carbonyl (C=O) groups excluding carboxylic acids is 2. The topological polar surface area (TPSA) is 119 Å². The summed E-state index contributed by atoms with van der Waals surface area (Å²) in [6.45, 7) is 2.95. The standard InChI is InChI=1S/C29H57O8PS/c1-2-3-4-5-6-7-8-9-10-13-16-19-22-29(31)37-28(25-36-38(32,33)34)26-39-24-21-18-15-12-11-14-17-20-23-35-27-30/h27-28H,2-26H2,1H3,(H2,32,33,34)/t28-/m1/s1. The molecule has 10 heteroatoms. The van der Waals surface area contributed by atoms with Gasteiger partial charge in [-0.1, -0.05) is 116 Å². The Bertz CT molecular complexity index is 602. The van der Waals surface area contributed by atoms with Crippen LogP contribution in [0.5, 0.6) is 0 Å². The number of rotatable bonds is 31. The molecule has 0 rings (SSSR count). The minimum Gasteiger partial charge on any atom is -0.468 e. The number of unbranched alkanes of at least 4 members (excludes halogenated alkanes) is 18. The lowest BCUT2D eigenvalue weighted by Gasteiger charge is -2.18. The van der Waals surface area contributed by atoms with Crippen molar-refractivity contribution in [1.29, 1.82) is 0 Å². The molecule has 39 heavy (non-hydrogen) atoms. The van der Waals surface area contributed by atoms with E-state index in [1.165, 1.54) is 77.0 Å². The van der Waals surface area contributed by atoms with E-state index in [9.17, 15) is 14.2 Å². The van der Waals surface area contributed by atoms with Crippen LogP contribution in [0.25, 0.3) is 0 Å². The van der Waals surface area contributed by atoms with Gasteiger partial charge in [-0.25, -0.2) is 4.57 Å². The van der Waals surface area contributed by atoms with E-state index in [-0.39, 0.29) is 12.6 Å². The first kappa shape index (κ1) is 38.4. The molecule has 0 aromatic heterocycles. The Hall–Kier alpha value is -0.600. The van der Waals surface area contributed by atoms with Crippen molar-refractivity contribution >= 4 is 32.0 Å². The lowest BCUT2D eigenvalue weighted by molar-refractivity contribution is -0.149. The van der Waals surface area contributed by atoms with Gasteiger partial charge in [-0.05, 0) is 25.0 Å². The fourth-order valence-corrected chi connectivity index (χ4v) is 5.73. The molecule has 0 aliphatic heterocycles. The zero-order valence-electron chi connectivity index (χ0n) is 24.5. The van der Waals surface area contributed by atoms with Crippen LogP contribution in [-0.2, 0) is 28.2 Å². The van der Waals surface area contributed by atoms with Crippen molar-refractivity contribution < 1.29 is 37.9 Å². The van der Waals surface area contributed by atoms with Gasteiger partial charge in [-0.3, -0.25) is 14.1 Å². The fourth-order valence-electron chi connectivity index (χ4n) is 4.36. The van der Waals surface area contributed by atoms with E-state index < -0.39 is 13.9 Å². The molecule has 0 spiro atoms. The quantitative estimate of drug-likeness (QED) is 0.0354. The predicted molar refractivity (Wildman–Crippen MR) is 160 cm³/mol. The summed E-state index contributed by atoms with van der Waals surface area (Å²) in [6, 6.07) is 0. The van der Waals surface area contributed by atoms with Crippen LogP contribution in [0.1, 0.15) is 142 Å². The van der Waals surface area contributed by atoms with Crippen molar-refractivity contribution in [3.05, 3.63) is 0 Å². The van der Waals surface area contributed by atoms with E-state index in [1.807, 2.05) is 0 Å². The second-order valence-electron chi connectivity index (χ2n) is 10.4. The summed E-state index contributed by atoms with van der Waals surface area (Å²) in [4.78, 5) is 40.4. The smallest absolute Gasteiger partial charge is 0.468 e. The molecule has 0 aliphatic rings. The van der Waals surface area contributed by atoms with Gasteiger partial charge in [0.1, 0.15) is 6.10 Å². The molecule has 0 bridgehead atoms. The van der Waals surface area contributed by atoms with E-state index in [0.29, 0.717) is 25.3 Å². The zero-order chi connectivity index (χ0) is 28.9. The molecular formula is C29H57O8PS. The van der Waals surface area contributed by atoms with Crippen LogP contribution in [0.15, 0.2) is 0 Å². The number of esters is 1. The first-order valence-corrected chi connectivity index (χ1v) is 18.1. The molecule has 0 fully saturated rings. The minimum atomic E-state index is -4.61. The molecule has 0 aromatic carbocycles. The highest BCUT2D eigenvalue weighted by Gasteiger charge is 2.21. The fraction of sp³-hybridized carbons (Fsp3) is 0.931. The Morgan fingerprint density at radius 1 is 0.769 bits per heavy atom. The van der Waals surface area contributed by atoms with Crippen molar-refractivity contribution in [3.63, 3.8) is 0 Å². The maximum absolute atomic E-state index is 12.3. The van der Waals surface area contributed by atoms with Gasteiger partial charge < -0.3 is 19.3 Å². The zero-order valence-corrected chi connectivity index (χ0v) is 26.2. The Morgan fingerprint density at radius 3 is 1.77 bits per heavy atom. The van der Waals surface area contributed by atoms with E-state index in [4.69, 9.17) is 14.5 Å². The second kappa shape index (κ2) is 28.9. The summed E-state index contributed by atoms with van der Waals surface area (Å²) >= 11 is 1.63. The van der Waals surface area contributed by atoms with Gasteiger partial charge in [0.05, 0.1) is 13.2 Å². The number of hydrogen-bond acceptors (Lipinski definition) is 7. The molecule has 0 saturated carbocycles.